The number of hydrogen-bond acceptors (Lipinski definition) is 10. The maximum Gasteiger partial charge on any atom is 0.243 e. The molecule has 5 atom stereocenters. The Labute approximate surface area is 214 Å². The lowest BCUT2D eigenvalue weighted by atomic mass is 10.0. The smallest absolute Gasteiger partial charge is 0.243 e. The molecule has 0 radical (unpaired) electrons. The Balaban J connectivity index is 1.48. The molecule has 3 aliphatic rings. The number of aromatic nitrogens is 3. The Morgan fingerprint density at radius 1 is 1.11 bits per heavy atom. The lowest BCUT2D eigenvalue weighted by molar-refractivity contribution is -0.139. The quantitative estimate of drug-likeness (QED) is 0.201. The van der Waals surface area contributed by atoms with Crippen molar-refractivity contribution >= 4 is 17.7 Å². The zero-order valence-corrected chi connectivity index (χ0v) is 20.8. The summed E-state index contributed by atoms with van der Waals surface area (Å²) in [5.41, 5.74) is 0.430. The van der Waals surface area contributed by atoms with Crippen molar-refractivity contribution in [2.75, 3.05) is 32.8 Å². The van der Waals surface area contributed by atoms with E-state index in [2.05, 4.69) is 26.3 Å². The molecule has 2 unspecified atom stereocenters. The lowest BCUT2D eigenvalue weighted by Gasteiger charge is -2.26. The van der Waals surface area contributed by atoms with Crippen molar-refractivity contribution < 1.29 is 34.4 Å². The van der Waals surface area contributed by atoms with Gasteiger partial charge in [-0.25, -0.2) is 4.68 Å². The van der Waals surface area contributed by atoms with E-state index in [0.29, 0.717) is 18.3 Å². The van der Waals surface area contributed by atoms with Gasteiger partial charge < -0.3 is 40.9 Å². The van der Waals surface area contributed by atoms with Crippen LogP contribution in [0.1, 0.15) is 37.8 Å². The molecule has 3 amide bonds. The van der Waals surface area contributed by atoms with Gasteiger partial charge in [-0.05, 0) is 12.8 Å². The molecule has 206 valence electrons. The molecular weight excluding hydrogens is 486 g/mol. The molecule has 3 heterocycles. The summed E-state index contributed by atoms with van der Waals surface area (Å²) in [5.74, 6) is -1.43. The maximum atomic E-state index is 13.2. The van der Waals surface area contributed by atoms with Crippen LogP contribution in [0, 0.1) is 0 Å². The van der Waals surface area contributed by atoms with Crippen molar-refractivity contribution in [1.29, 1.82) is 0 Å². The van der Waals surface area contributed by atoms with Crippen LogP contribution in [0.3, 0.4) is 0 Å². The van der Waals surface area contributed by atoms with E-state index < -0.39 is 42.3 Å². The molecule has 0 spiro atoms. The predicted molar refractivity (Wildman–Crippen MR) is 128 cm³/mol. The standard InChI is InChI=1S/C23H37N7O7/c31-8-7-30-12-15(27-28-30)9-16-23(36)25-11-18-22(35)21(34)17(37-18)10-20(33)29(13-19(32)26-16)6-5-24-14-3-1-2-4-14/h12,14,16-18,21-22,24,31,34-35H,1-11,13H2,(H,25,36)(H,26,32)/t16-,17+,18-,21?,22?/m1/s1. The van der Waals surface area contributed by atoms with Gasteiger partial charge in [-0.1, -0.05) is 18.1 Å². The van der Waals surface area contributed by atoms with Crippen LogP contribution in [-0.4, -0.2) is 122 Å². The van der Waals surface area contributed by atoms with E-state index in [9.17, 15) is 24.6 Å². The summed E-state index contributed by atoms with van der Waals surface area (Å²) >= 11 is 0. The van der Waals surface area contributed by atoms with Gasteiger partial charge in [-0.2, -0.15) is 0 Å². The summed E-state index contributed by atoms with van der Waals surface area (Å²) in [6.07, 6.45) is 1.48. The Kier molecular flexibility index (Phi) is 9.43. The van der Waals surface area contributed by atoms with Crippen molar-refractivity contribution in [2.24, 2.45) is 0 Å². The number of aliphatic hydroxyl groups excluding tert-OH is 3. The van der Waals surface area contributed by atoms with E-state index in [4.69, 9.17) is 9.84 Å². The lowest BCUT2D eigenvalue weighted by Crippen LogP contribution is -2.53. The molecule has 0 aromatic carbocycles. The molecule has 1 saturated carbocycles. The predicted octanol–water partition coefficient (Wildman–Crippen LogP) is -3.33. The third kappa shape index (κ3) is 7.23. The highest BCUT2D eigenvalue weighted by Crippen LogP contribution is 2.24. The molecule has 1 aliphatic carbocycles. The first-order chi connectivity index (χ1) is 17.8. The average molecular weight is 524 g/mol. The van der Waals surface area contributed by atoms with Gasteiger partial charge in [0.25, 0.3) is 0 Å². The minimum Gasteiger partial charge on any atom is -0.394 e. The SMILES string of the molecule is O=C1CN(CCNC2CCCC2)C(=O)C[C@@H]2O[C@H](CNC(=O)[C@@H](Cc3cn(CCO)nn3)N1)C(O)C2O. The Hall–Kier alpha value is -2.65. The van der Waals surface area contributed by atoms with Crippen molar-refractivity contribution in [1.82, 2.24) is 35.8 Å². The Bertz CT molecular complexity index is 938. The van der Waals surface area contributed by atoms with Crippen LogP contribution in [0.2, 0.25) is 0 Å². The molecule has 37 heavy (non-hydrogen) atoms. The largest absolute Gasteiger partial charge is 0.394 e. The van der Waals surface area contributed by atoms with Crippen LogP contribution in [0.4, 0.5) is 0 Å². The number of hydrogen-bond donors (Lipinski definition) is 6. The number of nitrogens with zero attached hydrogens (tertiary/aromatic N) is 4. The molecule has 3 fully saturated rings. The molecule has 4 rings (SSSR count). The number of nitrogens with one attached hydrogen (secondary N) is 3. The summed E-state index contributed by atoms with van der Waals surface area (Å²) in [5, 5.41) is 46.6. The third-order valence-corrected chi connectivity index (χ3v) is 7.15. The van der Waals surface area contributed by atoms with Gasteiger partial charge in [0, 0.05) is 38.3 Å². The van der Waals surface area contributed by atoms with Crippen LogP contribution in [0.15, 0.2) is 6.20 Å². The molecule has 6 N–H and O–H groups in total. The summed E-state index contributed by atoms with van der Waals surface area (Å²) in [6.45, 7) is 0.494. The normalized spacial score (nSPS) is 30.0. The molecule has 2 saturated heterocycles. The van der Waals surface area contributed by atoms with Gasteiger partial charge in [0.05, 0.1) is 37.9 Å². The van der Waals surface area contributed by atoms with Gasteiger partial charge in [0.15, 0.2) is 0 Å². The molecule has 1 aromatic heterocycles. The van der Waals surface area contributed by atoms with Gasteiger partial charge in [-0.3, -0.25) is 14.4 Å². The summed E-state index contributed by atoms with van der Waals surface area (Å²) in [4.78, 5) is 40.5. The highest BCUT2D eigenvalue weighted by atomic mass is 16.5. The minimum absolute atomic E-state index is 0.0273. The second kappa shape index (κ2) is 12.7. The van der Waals surface area contributed by atoms with Crippen LogP contribution in [0.25, 0.3) is 0 Å². The zero-order valence-electron chi connectivity index (χ0n) is 20.8. The Morgan fingerprint density at radius 2 is 1.86 bits per heavy atom. The van der Waals surface area contributed by atoms with Crippen molar-refractivity contribution in [3.63, 3.8) is 0 Å². The topological polar surface area (TPSA) is 191 Å². The highest BCUT2D eigenvalue weighted by Gasteiger charge is 2.44. The van der Waals surface area contributed by atoms with Crippen molar-refractivity contribution in [2.45, 2.75) is 81.6 Å². The van der Waals surface area contributed by atoms with Crippen molar-refractivity contribution in [3.05, 3.63) is 11.9 Å². The third-order valence-electron chi connectivity index (χ3n) is 7.15. The monoisotopic (exact) mass is 523 g/mol. The fourth-order valence-electron chi connectivity index (χ4n) is 5.09. The fraction of sp³-hybridized carbons (Fsp3) is 0.783. The summed E-state index contributed by atoms with van der Waals surface area (Å²) in [6, 6.07) is -0.636. The second-order valence-corrected chi connectivity index (χ2v) is 9.92. The average Bonchev–Trinajstić information content (AvgIpc) is 3.60. The van der Waals surface area contributed by atoms with Crippen LogP contribution in [-0.2, 0) is 32.1 Å². The van der Waals surface area contributed by atoms with Crippen molar-refractivity contribution in [3.8, 4) is 0 Å². The number of aliphatic hydroxyl groups is 3. The van der Waals surface area contributed by atoms with Crippen LogP contribution >= 0.6 is 0 Å². The number of fused-ring (bicyclic) bond motifs is 2. The number of amides is 3. The van der Waals surface area contributed by atoms with E-state index >= 15 is 0 Å². The minimum atomic E-state index is -1.29. The van der Waals surface area contributed by atoms with E-state index in [0.717, 1.165) is 12.8 Å². The molecule has 14 nitrogen and oxygen atoms in total. The summed E-state index contributed by atoms with van der Waals surface area (Å²) < 4.78 is 7.16. The molecule has 2 aliphatic heterocycles. The van der Waals surface area contributed by atoms with Crippen LogP contribution in [0.5, 0.6) is 0 Å². The maximum absolute atomic E-state index is 13.2. The first-order valence-corrected chi connectivity index (χ1v) is 12.9. The van der Waals surface area contributed by atoms with E-state index in [1.54, 1.807) is 6.20 Å². The van der Waals surface area contributed by atoms with Gasteiger partial charge in [0.1, 0.15) is 24.4 Å². The second-order valence-electron chi connectivity index (χ2n) is 9.92. The Morgan fingerprint density at radius 3 is 2.62 bits per heavy atom. The first kappa shape index (κ1) is 27.4. The summed E-state index contributed by atoms with van der Waals surface area (Å²) in [7, 11) is 0. The first-order valence-electron chi connectivity index (χ1n) is 12.9. The zero-order chi connectivity index (χ0) is 26.4. The number of rotatable bonds is 8. The molecule has 1 aromatic rings. The number of carbonyl (C=O) groups excluding carboxylic acids is 3. The van der Waals surface area contributed by atoms with Gasteiger partial charge >= 0.3 is 0 Å². The van der Waals surface area contributed by atoms with Gasteiger partial charge in [0.2, 0.25) is 17.7 Å². The molecule has 14 heteroatoms. The molecule has 2 bridgehead atoms. The fourth-order valence-corrected chi connectivity index (χ4v) is 5.09. The van der Waals surface area contributed by atoms with Crippen LogP contribution < -0.4 is 16.0 Å². The highest BCUT2D eigenvalue weighted by molar-refractivity contribution is 5.90. The van der Waals surface area contributed by atoms with Gasteiger partial charge in [-0.15, -0.1) is 5.10 Å². The van der Waals surface area contributed by atoms with E-state index in [-0.39, 0.29) is 51.5 Å². The number of ether oxygens (including phenoxy) is 1. The van der Waals surface area contributed by atoms with E-state index in [1.807, 2.05) is 0 Å². The van der Waals surface area contributed by atoms with E-state index in [1.165, 1.54) is 22.4 Å². The molecular formula is C23H37N7O7. The number of carbonyl (C=O) groups is 3.